The Bertz CT molecular complexity index is 648. The third kappa shape index (κ3) is 2.00. The molecule has 0 aromatic heterocycles. The molecule has 0 fully saturated rings. The maximum atomic E-state index is 10.6. The van der Waals surface area contributed by atoms with E-state index in [1.54, 1.807) is 11.8 Å². The monoisotopic (exact) mass is 319 g/mol. The van der Waals surface area contributed by atoms with E-state index in [1.165, 1.54) is 14.8 Å². The van der Waals surface area contributed by atoms with E-state index in [0.717, 1.165) is 28.5 Å². The first-order valence-corrected chi connectivity index (χ1v) is 9.28. The average molecular weight is 319 g/mol. The molecule has 0 aliphatic carbocycles. The first kappa shape index (κ1) is 12.8. The zero-order valence-corrected chi connectivity index (χ0v) is 13.2. The standard InChI is InChI=1S/C15H13NOS3/c17-14-12(10-4-2-1-3-5-10)20-15-13-11(6-8-19-13)18-9-7-16(14)15/h1-6,17H,7-9H2. The van der Waals surface area contributed by atoms with Crippen molar-refractivity contribution in [1.29, 1.82) is 0 Å². The lowest BCUT2D eigenvalue weighted by Crippen LogP contribution is -2.19. The molecular formula is C15H13NOS3. The Hall–Kier alpha value is -0.910. The summed E-state index contributed by atoms with van der Waals surface area (Å²) in [6.07, 6.45) is 2.30. The molecule has 3 aliphatic heterocycles. The normalized spacial score (nSPS) is 21.8. The number of hydrogen-bond donors (Lipinski definition) is 1. The Morgan fingerprint density at radius 1 is 1.05 bits per heavy atom. The SMILES string of the molecule is OC1=C(c2ccccc2)SC2=C3SCC=C3SCCN12. The van der Waals surface area contributed by atoms with Crippen LogP contribution in [0.2, 0.25) is 0 Å². The zero-order chi connectivity index (χ0) is 13.5. The molecule has 1 N–H and O–H groups in total. The van der Waals surface area contributed by atoms with E-state index in [9.17, 15) is 5.11 Å². The van der Waals surface area contributed by atoms with E-state index in [0.29, 0.717) is 5.88 Å². The maximum Gasteiger partial charge on any atom is 0.206 e. The smallest absolute Gasteiger partial charge is 0.206 e. The van der Waals surface area contributed by atoms with Crippen LogP contribution in [0.3, 0.4) is 0 Å². The maximum absolute atomic E-state index is 10.6. The molecule has 0 unspecified atom stereocenters. The fraction of sp³-hybridized carbons (Fsp3) is 0.200. The molecule has 0 amide bonds. The lowest BCUT2D eigenvalue weighted by molar-refractivity contribution is 0.267. The number of aliphatic hydroxyl groups is 1. The highest BCUT2D eigenvalue weighted by atomic mass is 32.2. The van der Waals surface area contributed by atoms with Crippen molar-refractivity contribution in [2.75, 3.05) is 18.1 Å². The molecule has 0 radical (unpaired) electrons. The minimum absolute atomic E-state index is 0.415. The van der Waals surface area contributed by atoms with Crippen LogP contribution in [0.5, 0.6) is 0 Å². The van der Waals surface area contributed by atoms with Gasteiger partial charge in [-0.05, 0) is 5.56 Å². The molecule has 3 heterocycles. The van der Waals surface area contributed by atoms with Crippen LogP contribution >= 0.6 is 35.3 Å². The van der Waals surface area contributed by atoms with Crippen molar-refractivity contribution in [2.45, 2.75) is 0 Å². The predicted octanol–water partition coefficient (Wildman–Crippen LogP) is 4.47. The summed E-state index contributed by atoms with van der Waals surface area (Å²) in [5.41, 5.74) is 1.09. The van der Waals surface area contributed by atoms with Gasteiger partial charge in [0.2, 0.25) is 5.88 Å². The molecule has 1 aromatic rings. The van der Waals surface area contributed by atoms with Crippen LogP contribution in [0.15, 0.2) is 57.1 Å². The van der Waals surface area contributed by atoms with Gasteiger partial charge in [-0.3, -0.25) is 0 Å². The molecule has 1 aromatic carbocycles. The summed E-state index contributed by atoms with van der Waals surface area (Å²) in [5.74, 6) is 2.49. The average Bonchev–Trinajstić information content (AvgIpc) is 3.02. The van der Waals surface area contributed by atoms with Gasteiger partial charge in [0.25, 0.3) is 0 Å². The first-order valence-electron chi connectivity index (χ1n) is 6.49. The summed E-state index contributed by atoms with van der Waals surface area (Å²) in [7, 11) is 0. The van der Waals surface area contributed by atoms with E-state index in [1.807, 2.05) is 41.7 Å². The Morgan fingerprint density at radius 2 is 1.90 bits per heavy atom. The van der Waals surface area contributed by atoms with Gasteiger partial charge in [0.05, 0.1) is 14.8 Å². The van der Waals surface area contributed by atoms with Gasteiger partial charge in [0.1, 0.15) is 0 Å². The Balaban J connectivity index is 1.79. The Kier molecular flexibility index (Phi) is 3.28. The second-order valence-corrected chi connectivity index (χ2v) is 7.80. The number of benzene rings is 1. The minimum Gasteiger partial charge on any atom is -0.494 e. The second-order valence-electron chi connectivity index (χ2n) is 4.63. The molecule has 0 bridgehead atoms. The van der Waals surface area contributed by atoms with E-state index in [-0.39, 0.29) is 0 Å². The van der Waals surface area contributed by atoms with Crippen LogP contribution in [0, 0.1) is 0 Å². The zero-order valence-electron chi connectivity index (χ0n) is 10.7. The van der Waals surface area contributed by atoms with Crippen LogP contribution < -0.4 is 0 Å². The van der Waals surface area contributed by atoms with Crippen LogP contribution in [-0.4, -0.2) is 28.1 Å². The van der Waals surface area contributed by atoms with Crippen LogP contribution in [0.25, 0.3) is 4.91 Å². The number of nitrogens with zero attached hydrogens (tertiary/aromatic N) is 1. The number of thioether (sulfide) groups is 3. The number of fused-ring (bicyclic) bond motifs is 2. The summed E-state index contributed by atoms with van der Waals surface area (Å²) < 4.78 is 0. The molecule has 3 aliphatic rings. The molecule has 2 nitrogen and oxygen atoms in total. The highest BCUT2D eigenvalue weighted by Crippen LogP contribution is 2.54. The van der Waals surface area contributed by atoms with Crippen LogP contribution in [0.1, 0.15) is 5.56 Å². The Morgan fingerprint density at radius 3 is 2.75 bits per heavy atom. The molecule has 4 rings (SSSR count). The Labute approximate surface area is 131 Å². The summed E-state index contributed by atoms with van der Waals surface area (Å²) in [5, 5.41) is 11.8. The summed E-state index contributed by atoms with van der Waals surface area (Å²) in [6, 6.07) is 10.2. The third-order valence-corrected chi connectivity index (χ3v) is 7.03. The number of aliphatic hydroxyl groups excluding tert-OH is 1. The molecule has 20 heavy (non-hydrogen) atoms. The van der Waals surface area contributed by atoms with Gasteiger partial charge in [0.15, 0.2) is 0 Å². The van der Waals surface area contributed by atoms with Crippen molar-refractivity contribution in [3.05, 3.63) is 62.7 Å². The molecule has 0 saturated heterocycles. The fourth-order valence-electron chi connectivity index (χ4n) is 2.47. The van der Waals surface area contributed by atoms with E-state index in [2.05, 4.69) is 23.1 Å². The minimum atomic E-state index is 0.415. The molecule has 0 spiro atoms. The summed E-state index contributed by atoms with van der Waals surface area (Å²) in [6.45, 7) is 0.872. The van der Waals surface area contributed by atoms with Crippen LogP contribution in [0.4, 0.5) is 0 Å². The van der Waals surface area contributed by atoms with Crippen molar-refractivity contribution < 1.29 is 5.11 Å². The van der Waals surface area contributed by atoms with Gasteiger partial charge < -0.3 is 10.0 Å². The molecule has 5 heteroatoms. The van der Waals surface area contributed by atoms with Gasteiger partial charge in [-0.2, -0.15) is 0 Å². The van der Waals surface area contributed by atoms with Crippen molar-refractivity contribution in [1.82, 2.24) is 4.90 Å². The van der Waals surface area contributed by atoms with Crippen molar-refractivity contribution in [3.8, 4) is 0 Å². The molecule has 0 saturated carbocycles. The first-order chi connectivity index (χ1) is 9.84. The molecule has 0 atom stereocenters. The number of hydrogen-bond acceptors (Lipinski definition) is 5. The second kappa shape index (κ2) is 5.13. The highest BCUT2D eigenvalue weighted by Gasteiger charge is 2.35. The fourth-order valence-corrected chi connectivity index (χ4v) is 6.24. The van der Waals surface area contributed by atoms with Crippen molar-refractivity contribution in [2.24, 2.45) is 0 Å². The lowest BCUT2D eigenvalue weighted by atomic mass is 10.2. The topological polar surface area (TPSA) is 23.5 Å². The van der Waals surface area contributed by atoms with Crippen molar-refractivity contribution >= 4 is 40.2 Å². The molecule has 102 valence electrons. The van der Waals surface area contributed by atoms with Crippen molar-refractivity contribution in [3.63, 3.8) is 0 Å². The highest BCUT2D eigenvalue weighted by molar-refractivity contribution is 8.14. The van der Waals surface area contributed by atoms with Gasteiger partial charge in [0, 0.05) is 23.0 Å². The third-order valence-electron chi connectivity index (χ3n) is 3.43. The largest absolute Gasteiger partial charge is 0.494 e. The van der Waals surface area contributed by atoms with Gasteiger partial charge >= 0.3 is 0 Å². The quantitative estimate of drug-likeness (QED) is 0.823. The van der Waals surface area contributed by atoms with E-state index < -0.39 is 0 Å². The predicted molar refractivity (Wildman–Crippen MR) is 90.3 cm³/mol. The van der Waals surface area contributed by atoms with Crippen LogP contribution in [-0.2, 0) is 0 Å². The summed E-state index contributed by atoms with van der Waals surface area (Å²) in [4.78, 5) is 5.79. The van der Waals surface area contributed by atoms with E-state index in [4.69, 9.17) is 0 Å². The summed E-state index contributed by atoms with van der Waals surface area (Å²) >= 11 is 5.49. The molecular weight excluding hydrogens is 306 g/mol. The van der Waals surface area contributed by atoms with Gasteiger partial charge in [-0.15, -0.1) is 23.5 Å². The number of rotatable bonds is 1. The lowest BCUT2D eigenvalue weighted by Gasteiger charge is -2.17. The van der Waals surface area contributed by atoms with E-state index >= 15 is 0 Å². The van der Waals surface area contributed by atoms with Gasteiger partial charge in [-0.1, -0.05) is 48.2 Å². The van der Waals surface area contributed by atoms with Gasteiger partial charge in [-0.25, -0.2) is 0 Å².